The maximum Gasteiger partial charge on any atom is 0.328 e. The second-order valence-corrected chi connectivity index (χ2v) is 4.00. The Hall–Kier alpha value is -2.38. The van der Waals surface area contributed by atoms with Crippen molar-refractivity contribution in [2.24, 2.45) is 0 Å². The van der Waals surface area contributed by atoms with Crippen molar-refractivity contribution in [2.75, 3.05) is 6.61 Å². The Morgan fingerprint density at radius 3 is 2.40 bits per heavy atom. The summed E-state index contributed by atoms with van der Waals surface area (Å²) in [5, 5.41) is 0. The number of hydrogen-bond donors (Lipinski definition) is 2. The van der Waals surface area contributed by atoms with E-state index in [4.69, 9.17) is 9.47 Å². The summed E-state index contributed by atoms with van der Waals surface area (Å²) in [6, 6.07) is 0. The fourth-order valence-corrected chi connectivity index (χ4v) is 1.41. The number of nitrogens with one attached hydrogen (secondary N) is 2. The summed E-state index contributed by atoms with van der Waals surface area (Å²) in [5.41, 5.74) is -1.28. The standard InChI is InChI=1S/C12H16N2O6/c1-3-19-8(15)5-4-6-9(16)20-11-7(2)10(17)13-12(18)14-11/h3-6H2,1-2H3,(H2,13,14,17,18). The molecule has 110 valence electrons. The van der Waals surface area contributed by atoms with Gasteiger partial charge in [0, 0.05) is 12.8 Å². The minimum absolute atomic E-state index is 0.0208. The lowest BCUT2D eigenvalue weighted by molar-refractivity contribution is -0.143. The smallest absolute Gasteiger partial charge is 0.328 e. The Labute approximate surface area is 114 Å². The van der Waals surface area contributed by atoms with Crippen LogP contribution < -0.4 is 16.0 Å². The van der Waals surface area contributed by atoms with Crippen molar-refractivity contribution in [1.29, 1.82) is 0 Å². The fraction of sp³-hybridized carbons (Fsp3) is 0.500. The Morgan fingerprint density at radius 1 is 1.10 bits per heavy atom. The number of carbonyl (C=O) groups is 2. The molecular weight excluding hydrogens is 268 g/mol. The third-order valence-electron chi connectivity index (χ3n) is 2.42. The molecule has 0 unspecified atom stereocenters. The van der Waals surface area contributed by atoms with E-state index >= 15 is 0 Å². The summed E-state index contributed by atoms with van der Waals surface area (Å²) >= 11 is 0. The van der Waals surface area contributed by atoms with Crippen molar-refractivity contribution in [3.05, 3.63) is 26.4 Å². The van der Waals surface area contributed by atoms with Gasteiger partial charge in [-0.05, 0) is 20.3 Å². The minimum Gasteiger partial charge on any atom is -0.466 e. The largest absolute Gasteiger partial charge is 0.466 e. The van der Waals surface area contributed by atoms with Gasteiger partial charge in [0.15, 0.2) is 0 Å². The van der Waals surface area contributed by atoms with E-state index < -0.39 is 17.2 Å². The third-order valence-corrected chi connectivity index (χ3v) is 2.42. The predicted molar refractivity (Wildman–Crippen MR) is 68.5 cm³/mol. The number of aromatic nitrogens is 2. The van der Waals surface area contributed by atoms with Crippen LogP contribution in [0.3, 0.4) is 0 Å². The summed E-state index contributed by atoms with van der Waals surface area (Å²) in [6.07, 6.45) is 0.352. The summed E-state index contributed by atoms with van der Waals surface area (Å²) in [7, 11) is 0. The van der Waals surface area contributed by atoms with Crippen LogP contribution >= 0.6 is 0 Å². The highest BCUT2D eigenvalue weighted by Crippen LogP contribution is 2.08. The van der Waals surface area contributed by atoms with Crippen LogP contribution in [0.4, 0.5) is 0 Å². The zero-order valence-corrected chi connectivity index (χ0v) is 11.3. The van der Waals surface area contributed by atoms with Gasteiger partial charge in [-0.25, -0.2) is 4.79 Å². The maximum atomic E-state index is 11.5. The monoisotopic (exact) mass is 284 g/mol. The highest BCUT2D eigenvalue weighted by Gasteiger charge is 2.12. The highest BCUT2D eigenvalue weighted by molar-refractivity contribution is 5.74. The van der Waals surface area contributed by atoms with Crippen LogP contribution in [0.1, 0.15) is 31.7 Å². The molecule has 0 aromatic carbocycles. The van der Waals surface area contributed by atoms with Gasteiger partial charge in [0.2, 0.25) is 5.88 Å². The van der Waals surface area contributed by atoms with Crippen molar-refractivity contribution < 1.29 is 19.1 Å². The second-order valence-electron chi connectivity index (χ2n) is 4.00. The van der Waals surface area contributed by atoms with Crippen LogP contribution in [0.25, 0.3) is 0 Å². The number of aromatic amines is 2. The lowest BCUT2D eigenvalue weighted by Gasteiger charge is -2.05. The first-order valence-corrected chi connectivity index (χ1v) is 6.13. The lowest BCUT2D eigenvalue weighted by atomic mass is 10.2. The van der Waals surface area contributed by atoms with Gasteiger partial charge in [-0.1, -0.05) is 0 Å². The molecule has 0 radical (unpaired) electrons. The number of rotatable bonds is 6. The number of hydrogen-bond acceptors (Lipinski definition) is 6. The fourth-order valence-electron chi connectivity index (χ4n) is 1.41. The van der Waals surface area contributed by atoms with Gasteiger partial charge in [0.1, 0.15) is 0 Å². The van der Waals surface area contributed by atoms with Crippen LogP contribution in [0.2, 0.25) is 0 Å². The van der Waals surface area contributed by atoms with Crippen LogP contribution in [-0.4, -0.2) is 28.5 Å². The number of esters is 2. The van der Waals surface area contributed by atoms with Gasteiger partial charge in [-0.2, -0.15) is 0 Å². The molecule has 0 spiro atoms. The lowest BCUT2D eigenvalue weighted by Crippen LogP contribution is -2.26. The molecule has 0 saturated heterocycles. The molecule has 8 nitrogen and oxygen atoms in total. The maximum absolute atomic E-state index is 11.5. The molecule has 0 aliphatic heterocycles. The molecule has 8 heteroatoms. The van der Waals surface area contributed by atoms with E-state index in [1.165, 1.54) is 6.92 Å². The minimum atomic E-state index is -0.755. The molecule has 2 N–H and O–H groups in total. The predicted octanol–water partition coefficient (Wildman–Crippen LogP) is 0.0104. The molecule has 0 saturated carbocycles. The van der Waals surface area contributed by atoms with Crippen molar-refractivity contribution in [3.8, 4) is 5.88 Å². The van der Waals surface area contributed by atoms with E-state index in [1.54, 1.807) is 6.92 Å². The first-order chi connectivity index (χ1) is 9.43. The SMILES string of the molecule is CCOC(=O)CCCC(=O)Oc1[nH]c(=O)[nH]c(=O)c1C. The number of ether oxygens (including phenoxy) is 2. The Kier molecular flexibility index (Phi) is 5.70. The molecule has 1 aromatic rings. The zero-order chi connectivity index (χ0) is 15.1. The van der Waals surface area contributed by atoms with E-state index in [2.05, 4.69) is 4.98 Å². The van der Waals surface area contributed by atoms with E-state index in [-0.39, 0.29) is 43.3 Å². The summed E-state index contributed by atoms with van der Waals surface area (Å²) < 4.78 is 9.59. The first kappa shape index (κ1) is 15.7. The van der Waals surface area contributed by atoms with Crippen molar-refractivity contribution in [3.63, 3.8) is 0 Å². The molecule has 0 fully saturated rings. The molecule has 0 aliphatic carbocycles. The Morgan fingerprint density at radius 2 is 1.75 bits per heavy atom. The van der Waals surface area contributed by atoms with E-state index in [0.717, 1.165) is 0 Å². The van der Waals surface area contributed by atoms with Crippen LogP contribution in [0.5, 0.6) is 5.88 Å². The second kappa shape index (κ2) is 7.27. The third kappa shape index (κ3) is 4.71. The summed E-state index contributed by atoms with van der Waals surface area (Å²) in [5.74, 6) is -1.21. The average molecular weight is 284 g/mol. The molecule has 1 heterocycles. The molecule has 0 bridgehead atoms. The molecule has 0 aliphatic rings. The first-order valence-electron chi connectivity index (χ1n) is 6.13. The molecule has 0 atom stereocenters. The van der Waals surface area contributed by atoms with Crippen LogP contribution in [0, 0.1) is 6.92 Å². The van der Waals surface area contributed by atoms with Gasteiger partial charge in [-0.3, -0.25) is 24.4 Å². The van der Waals surface area contributed by atoms with Gasteiger partial charge >= 0.3 is 17.6 Å². The topological polar surface area (TPSA) is 118 Å². The van der Waals surface area contributed by atoms with Crippen molar-refractivity contribution >= 4 is 11.9 Å². The van der Waals surface area contributed by atoms with Crippen molar-refractivity contribution in [2.45, 2.75) is 33.1 Å². The van der Waals surface area contributed by atoms with Crippen molar-refractivity contribution in [1.82, 2.24) is 9.97 Å². The molecule has 0 amide bonds. The van der Waals surface area contributed by atoms with E-state index in [9.17, 15) is 19.2 Å². The Bertz CT molecular complexity index is 601. The average Bonchev–Trinajstić information content (AvgIpc) is 2.35. The van der Waals surface area contributed by atoms with E-state index in [0.29, 0.717) is 0 Å². The molecule has 20 heavy (non-hydrogen) atoms. The number of H-pyrrole nitrogens is 2. The highest BCUT2D eigenvalue weighted by atomic mass is 16.5. The van der Waals surface area contributed by atoms with Crippen LogP contribution in [-0.2, 0) is 14.3 Å². The molecular formula is C12H16N2O6. The van der Waals surface area contributed by atoms with Gasteiger partial charge in [0.05, 0.1) is 12.2 Å². The Balaban J connectivity index is 2.53. The number of carbonyl (C=O) groups excluding carboxylic acids is 2. The quantitative estimate of drug-likeness (QED) is 0.710. The summed E-state index contributed by atoms with van der Waals surface area (Å²) in [6.45, 7) is 3.39. The molecule has 1 aromatic heterocycles. The normalized spacial score (nSPS) is 10.1. The molecule has 1 rings (SSSR count). The summed E-state index contributed by atoms with van der Waals surface area (Å²) in [4.78, 5) is 49.1. The van der Waals surface area contributed by atoms with Gasteiger partial charge in [-0.15, -0.1) is 0 Å². The zero-order valence-electron chi connectivity index (χ0n) is 11.3. The van der Waals surface area contributed by atoms with Crippen LogP contribution in [0.15, 0.2) is 9.59 Å². The van der Waals surface area contributed by atoms with E-state index in [1.807, 2.05) is 4.98 Å². The van der Waals surface area contributed by atoms with Gasteiger partial charge < -0.3 is 9.47 Å². The van der Waals surface area contributed by atoms with Gasteiger partial charge in [0.25, 0.3) is 5.56 Å².